The van der Waals surface area contributed by atoms with Gasteiger partial charge in [0, 0.05) is 12.5 Å². The van der Waals surface area contributed by atoms with Gasteiger partial charge in [0.05, 0.1) is 23.8 Å². The Hall–Kier alpha value is -1.80. The molecule has 1 atom stereocenters. The highest BCUT2D eigenvalue weighted by Gasteiger charge is 2.22. The van der Waals surface area contributed by atoms with Crippen molar-refractivity contribution in [1.29, 1.82) is 0 Å². The number of likely N-dealkylation sites (tertiary alicyclic amines) is 1. The van der Waals surface area contributed by atoms with Gasteiger partial charge in [-0.1, -0.05) is 0 Å². The fraction of sp³-hybridized carbons (Fsp3) is 0.571. The van der Waals surface area contributed by atoms with Crippen LogP contribution in [0.1, 0.15) is 25.0 Å². The number of hydrogen-bond acceptors (Lipinski definition) is 3. The lowest BCUT2D eigenvalue weighted by Gasteiger charge is -2.17. The third-order valence-corrected chi connectivity index (χ3v) is 4.04. The number of aryl methyl sites for hydroxylation is 1. The van der Waals surface area contributed by atoms with Crippen molar-refractivity contribution in [2.75, 3.05) is 25.5 Å². The van der Waals surface area contributed by atoms with E-state index in [-0.39, 0.29) is 0 Å². The summed E-state index contributed by atoms with van der Waals surface area (Å²) < 4.78 is 0. The minimum absolute atomic E-state index is 0.709. The second-order valence-corrected chi connectivity index (χ2v) is 5.32. The number of aromatic amines is 1. The van der Waals surface area contributed by atoms with Crippen LogP contribution in [0.4, 0.5) is 5.82 Å². The molecule has 1 aliphatic rings. The summed E-state index contributed by atoms with van der Waals surface area (Å²) in [6.07, 6.45) is 6.70. The van der Waals surface area contributed by atoms with Crippen molar-refractivity contribution in [3.8, 4) is 0 Å². The summed E-state index contributed by atoms with van der Waals surface area (Å²) in [5, 5.41) is 11.7. The molecule has 0 aromatic carbocycles. The van der Waals surface area contributed by atoms with E-state index in [4.69, 9.17) is 0 Å². The average Bonchev–Trinajstić information content (AvgIpc) is 2.98. The molecule has 3 rings (SSSR count). The third kappa shape index (κ3) is 2.36. The molecule has 0 amide bonds. The van der Waals surface area contributed by atoms with Crippen molar-refractivity contribution in [2.24, 2.45) is 0 Å². The summed E-state index contributed by atoms with van der Waals surface area (Å²) >= 11 is 0. The van der Waals surface area contributed by atoms with Gasteiger partial charge in [-0.05, 0) is 33.4 Å². The van der Waals surface area contributed by atoms with Crippen LogP contribution in [0.3, 0.4) is 0 Å². The van der Waals surface area contributed by atoms with Crippen molar-refractivity contribution in [3.63, 3.8) is 0 Å². The molecule has 0 bridgehead atoms. The van der Waals surface area contributed by atoms with E-state index in [2.05, 4.69) is 38.6 Å². The van der Waals surface area contributed by atoms with E-state index in [1.54, 1.807) is 0 Å². The Morgan fingerprint density at radius 3 is 3.32 bits per heavy atom. The Bertz CT molecular complexity index is 562. The van der Waals surface area contributed by atoms with Gasteiger partial charge in [-0.2, -0.15) is 10.1 Å². The van der Waals surface area contributed by atoms with E-state index in [0.717, 1.165) is 35.4 Å². The first kappa shape index (κ1) is 12.2. The zero-order valence-corrected chi connectivity index (χ0v) is 11.5. The van der Waals surface area contributed by atoms with Crippen LogP contribution in [0, 0.1) is 13.1 Å². The second-order valence-electron chi connectivity index (χ2n) is 5.32. The predicted molar refractivity (Wildman–Crippen MR) is 74.0 cm³/mol. The summed E-state index contributed by atoms with van der Waals surface area (Å²) in [7, 11) is 2.21. The number of aromatic nitrogens is 3. The standard InChI is InChI=1S/C14H19N5/c1-10-13-12(18-17-10)6-8-16-14(13)15-7-5-11-4-3-9-19(11)2/h6,11H,3-5,7,9H2,1-2H3,(H,15,17,18)/p+1. The van der Waals surface area contributed by atoms with E-state index in [0.29, 0.717) is 6.04 Å². The molecule has 1 saturated heterocycles. The molecule has 3 heterocycles. The fourth-order valence-electron chi connectivity index (χ4n) is 2.90. The van der Waals surface area contributed by atoms with E-state index in [1.165, 1.54) is 19.4 Å². The van der Waals surface area contributed by atoms with E-state index >= 15 is 0 Å². The summed E-state index contributed by atoms with van der Waals surface area (Å²) in [4.78, 5) is 6.76. The van der Waals surface area contributed by atoms with Crippen LogP contribution >= 0.6 is 0 Å². The van der Waals surface area contributed by atoms with Crippen LogP contribution in [0.2, 0.25) is 0 Å². The molecule has 2 aromatic heterocycles. The first-order valence-electron chi connectivity index (χ1n) is 6.91. The number of fused-ring (bicyclic) bond motifs is 1. The topological polar surface area (TPSA) is 58.1 Å². The van der Waals surface area contributed by atoms with Crippen LogP contribution in [0.5, 0.6) is 0 Å². The molecule has 19 heavy (non-hydrogen) atoms. The van der Waals surface area contributed by atoms with Gasteiger partial charge in [0.2, 0.25) is 0 Å². The molecule has 2 N–H and O–H groups in total. The van der Waals surface area contributed by atoms with E-state index in [1.807, 2.05) is 13.0 Å². The monoisotopic (exact) mass is 258 g/mol. The van der Waals surface area contributed by atoms with Crippen molar-refractivity contribution in [2.45, 2.75) is 32.2 Å². The Morgan fingerprint density at radius 1 is 1.63 bits per heavy atom. The molecule has 0 aliphatic carbocycles. The highest BCUT2D eigenvalue weighted by atomic mass is 15.1. The lowest BCUT2D eigenvalue weighted by Crippen LogP contribution is -2.27. The first-order chi connectivity index (χ1) is 9.25. The maximum absolute atomic E-state index is 4.31. The lowest BCUT2D eigenvalue weighted by molar-refractivity contribution is -0.274. The van der Waals surface area contributed by atoms with Crippen LogP contribution in [-0.4, -0.2) is 41.3 Å². The quantitative estimate of drug-likeness (QED) is 0.864. The van der Waals surface area contributed by atoms with Crippen molar-refractivity contribution in [3.05, 3.63) is 18.0 Å². The Morgan fingerprint density at radius 2 is 2.53 bits per heavy atom. The van der Waals surface area contributed by atoms with Crippen molar-refractivity contribution < 1.29 is 4.98 Å². The smallest absolute Gasteiger partial charge is 0.303 e. The lowest BCUT2D eigenvalue weighted by atomic mass is 10.1. The zero-order valence-electron chi connectivity index (χ0n) is 11.5. The maximum Gasteiger partial charge on any atom is 0.390 e. The molecule has 0 saturated carbocycles. The minimum atomic E-state index is 0.709. The van der Waals surface area contributed by atoms with Crippen LogP contribution in [0.15, 0.2) is 6.07 Å². The summed E-state index contributed by atoms with van der Waals surface area (Å²) in [5.41, 5.74) is 1.98. The highest BCUT2D eigenvalue weighted by Crippen LogP contribution is 2.20. The number of anilines is 1. The highest BCUT2D eigenvalue weighted by molar-refractivity contribution is 5.89. The molecule has 2 aromatic rings. The molecule has 5 heteroatoms. The SMILES string of the molecule is Cc1n[nH]c2cc#[n+]c(NCCC3CCCN3C)c12. The third-order valence-electron chi connectivity index (χ3n) is 4.04. The number of nitrogens with one attached hydrogen (secondary N) is 2. The summed E-state index contributed by atoms with van der Waals surface area (Å²) in [6, 6.07) is 2.55. The van der Waals surface area contributed by atoms with E-state index < -0.39 is 0 Å². The first-order valence-corrected chi connectivity index (χ1v) is 6.91. The number of rotatable bonds is 4. The molecule has 0 radical (unpaired) electrons. The average molecular weight is 258 g/mol. The fourth-order valence-corrected chi connectivity index (χ4v) is 2.90. The van der Waals surface area contributed by atoms with Gasteiger partial charge in [-0.15, -0.1) is 0 Å². The largest absolute Gasteiger partial charge is 0.390 e. The second kappa shape index (κ2) is 5.06. The number of nitrogens with zero attached hydrogens (tertiary/aromatic N) is 3. The van der Waals surface area contributed by atoms with Crippen molar-refractivity contribution >= 4 is 16.7 Å². The molecular formula is C14H20N5+. The minimum Gasteiger partial charge on any atom is -0.303 e. The number of H-pyrrole nitrogens is 1. The number of hydrogen-bond donors (Lipinski definition) is 2. The summed E-state index contributed by atoms with van der Waals surface area (Å²) in [5.74, 6) is 0.893. The molecule has 1 fully saturated rings. The molecule has 1 unspecified atom stereocenters. The predicted octanol–water partition coefficient (Wildman–Crippen LogP) is 1.17. The van der Waals surface area contributed by atoms with Gasteiger partial charge in [-0.25, -0.2) is 0 Å². The Kier molecular flexibility index (Phi) is 3.26. The molecule has 1 aliphatic heterocycles. The van der Waals surface area contributed by atoms with Gasteiger partial charge in [0.25, 0.3) is 0 Å². The molecule has 0 spiro atoms. The van der Waals surface area contributed by atoms with Gasteiger partial charge in [0.15, 0.2) is 6.20 Å². The van der Waals surface area contributed by atoms with E-state index in [9.17, 15) is 0 Å². The van der Waals surface area contributed by atoms with Crippen molar-refractivity contribution in [1.82, 2.24) is 15.1 Å². The maximum atomic E-state index is 4.31. The zero-order chi connectivity index (χ0) is 13.2. The molecular weight excluding hydrogens is 238 g/mol. The Labute approximate surface area is 113 Å². The van der Waals surface area contributed by atoms with Crippen LogP contribution in [-0.2, 0) is 0 Å². The molecule has 5 nitrogen and oxygen atoms in total. The van der Waals surface area contributed by atoms with Crippen LogP contribution < -0.4 is 10.3 Å². The normalized spacial score (nSPS) is 19.8. The Balaban J connectivity index is 1.67. The van der Waals surface area contributed by atoms with Gasteiger partial charge >= 0.3 is 5.82 Å². The van der Waals surface area contributed by atoms with Gasteiger partial charge in [-0.3, -0.25) is 10.4 Å². The molecule has 100 valence electrons. The summed E-state index contributed by atoms with van der Waals surface area (Å²) in [6.45, 7) is 4.17. The van der Waals surface area contributed by atoms with Crippen LogP contribution in [0.25, 0.3) is 10.9 Å². The van der Waals surface area contributed by atoms with Gasteiger partial charge in [0.1, 0.15) is 5.39 Å². The van der Waals surface area contributed by atoms with Gasteiger partial charge < -0.3 is 4.90 Å².